The van der Waals surface area contributed by atoms with Crippen LogP contribution in [-0.4, -0.2) is 19.0 Å². The van der Waals surface area contributed by atoms with Gasteiger partial charge in [0.05, 0.1) is 5.41 Å². The first-order chi connectivity index (χ1) is 9.13. The van der Waals surface area contributed by atoms with Gasteiger partial charge in [0.15, 0.2) is 0 Å². The zero-order valence-electron chi connectivity index (χ0n) is 12.0. The molecule has 0 atom stereocenters. The molecule has 1 amide bonds. The molecule has 1 aliphatic rings. The number of anilines is 1. The average Bonchev–Trinajstić information content (AvgIpc) is 2.91. The quantitative estimate of drug-likeness (QED) is 0.904. The van der Waals surface area contributed by atoms with Gasteiger partial charge >= 0.3 is 0 Å². The lowest BCUT2D eigenvalue weighted by atomic mass is 9.84. The molecule has 1 aliphatic carbocycles. The second-order valence-corrected chi connectivity index (χ2v) is 5.58. The highest BCUT2D eigenvalue weighted by molar-refractivity contribution is 5.98. The number of hydrogen-bond donors (Lipinski definition) is 1. The van der Waals surface area contributed by atoms with Crippen LogP contribution in [0.15, 0.2) is 24.3 Å². The maximum absolute atomic E-state index is 12.9. The highest BCUT2D eigenvalue weighted by atomic mass is 16.2. The lowest BCUT2D eigenvalue weighted by Gasteiger charge is -2.33. The molecule has 2 N–H and O–H groups in total. The largest absolute Gasteiger partial charge is 0.329 e. The number of nitrogens with two attached hydrogens (primary N) is 1. The van der Waals surface area contributed by atoms with E-state index >= 15 is 0 Å². The van der Waals surface area contributed by atoms with E-state index in [2.05, 4.69) is 19.1 Å². The molecular weight excluding hydrogens is 236 g/mol. The third-order valence-corrected chi connectivity index (χ3v) is 4.31. The summed E-state index contributed by atoms with van der Waals surface area (Å²) in [4.78, 5) is 14.7. The Morgan fingerprint density at radius 2 is 1.84 bits per heavy atom. The van der Waals surface area contributed by atoms with Crippen molar-refractivity contribution in [1.29, 1.82) is 0 Å². The van der Waals surface area contributed by atoms with Gasteiger partial charge in [-0.1, -0.05) is 30.5 Å². The van der Waals surface area contributed by atoms with Crippen molar-refractivity contribution in [2.24, 2.45) is 11.1 Å². The molecule has 1 aromatic carbocycles. The smallest absolute Gasteiger partial charge is 0.234 e. The third kappa shape index (κ3) is 2.66. The fraction of sp³-hybridized carbons (Fsp3) is 0.562. The Hall–Kier alpha value is -1.35. The van der Waals surface area contributed by atoms with E-state index in [1.165, 1.54) is 5.56 Å². The maximum atomic E-state index is 12.9. The molecule has 104 valence electrons. The third-order valence-electron chi connectivity index (χ3n) is 4.31. The number of benzene rings is 1. The summed E-state index contributed by atoms with van der Waals surface area (Å²) in [6.07, 6.45) is 4.11. The van der Waals surface area contributed by atoms with Crippen molar-refractivity contribution >= 4 is 11.6 Å². The van der Waals surface area contributed by atoms with Crippen LogP contribution in [-0.2, 0) is 4.79 Å². The standard InChI is InChI=1S/C16H24N2O/c1-3-18(14-8-6-13(2)7-9-14)15(19)16(12-17)10-4-5-11-16/h6-9H,3-5,10-12,17H2,1-2H3. The van der Waals surface area contributed by atoms with Crippen LogP contribution in [0.5, 0.6) is 0 Å². The molecule has 0 spiro atoms. The molecule has 3 heteroatoms. The number of carbonyl (C=O) groups excluding carboxylic acids is 1. The number of aryl methyl sites for hydroxylation is 1. The molecule has 1 aromatic rings. The molecule has 0 radical (unpaired) electrons. The van der Waals surface area contributed by atoms with Crippen LogP contribution in [0.4, 0.5) is 5.69 Å². The van der Waals surface area contributed by atoms with E-state index in [9.17, 15) is 4.79 Å². The van der Waals surface area contributed by atoms with E-state index in [4.69, 9.17) is 5.73 Å². The van der Waals surface area contributed by atoms with Crippen LogP contribution in [0.2, 0.25) is 0 Å². The first-order valence-electron chi connectivity index (χ1n) is 7.21. The van der Waals surface area contributed by atoms with Gasteiger partial charge in [-0.2, -0.15) is 0 Å². The van der Waals surface area contributed by atoms with Crippen molar-refractivity contribution in [1.82, 2.24) is 0 Å². The number of hydrogen-bond acceptors (Lipinski definition) is 2. The molecule has 2 rings (SSSR count). The van der Waals surface area contributed by atoms with Crippen LogP contribution in [0, 0.1) is 12.3 Å². The number of nitrogens with zero attached hydrogens (tertiary/aromatic N) is 1. The topological polar surface area (TPSA) is 46.3 Å². The summed E-state index contributed by atoms with van der Waals surface area (Å²) in [5.74, 6) is 0.207. The highest BCUT2D eigenvalue weighted by Gasteiger charge is 2.42. The molecule has 1 saturated carbocycles. The molecule has 0 heterocycles. The second-order valence-electron chi connectivity index (χ2n) is 5.58. The van der Waals surface area contributed by atoms with E-state index < -0.39 is 0 Å². The van der Waals surface area contributed by atoms with Gasteiger partial charge < -0.3 is 10.6 Å². The number of amides is 1. The summed E-state index contributed by atoms with van der Waals surface area (Å²) in [6, 6.07) is 8.15. The van der Waals surface area contributed by atoms with Gasteiger partial charge in [0, 0.05) is 18.8 Å². The van der Waals surface area contributed by atoms with Crippen molar-refractivity contribution in [2.45, 2.75) is 39.5 Å². The van der Waals surface area contributed by atoms with Gasteiger partial charge in [0.1, 0.15) is 0 Å². The Labute approximate surface area is 115 Å². The normalized spacial score (nSPS) is 17.4. The summed E-state index contributed by atoms with van der Waals surface area (Å²) < 4.78 is 0. The van der Waals surface area contributed by atoms with Crippen LogP contribution in [0.3, 0.4) is 0 Å². The van der Waals surface area contributed by atoms with E-state index in [-0.39, 0.29) is 11.3 Å². The van der Waals surface area contributed by atoms with Gasteiger partial charge in [-0.15, -0.1) is 0 Å². The van der Waals surface area contributed by atoms with E-state index in [0.717, 1.165) is 31.4 Å². The van der Waals surface area contributed by atoms with E-state index in [1.807, 2.05) is 24.0 Å². The minimum atomic E-state index is -0.319. The molecule has 0 aromatic heterocycles. The Kier molecular flexibility index (Phi) is 4.25. The van der Waals surface area contributed by atoms with Crippen LogP contribution < -0.4 is 10.6 Å². The van der Waals surface area contributed by atoms with Gasteiger partial charge in [-0.3, -0.25) is 4.79 Å². The second kappa shape index (κ2) is 5.74. The summed E-state index contributed by atoms with van der Waals surface area (Å²) in [7, 11) is 0. The predicted molar refractivity (Wildman–Crippen MR) is 79.2 cm³/mol. The molecule has 1 fully saturated rings. The van der Waals surface area contributed by atoms with Gasteiger partial charge in [0.2, 0.25) is 5.91 Å². The minimum Gasteiger partial charge on any atom is -0.329 e. The van der Waals surface area contributed by atoms with Crippen LogP contribution >= 0.6 is 0 Å². The first-order valence-corrected chi connectivity index (χ1v) is 7.21. The van der Waals surface area contributed by atoms with Crippen molar-refractivity contribution in [3.05, 3.63) is 29.8 Å². The minimum absolute atomic E-state index is 0.207. The molecule has 19 heavy (non-hydrogen) atoms. The molecule has 0 bridgehead atoms. The van der Waals surface area contributed by atoms with Crippen molar-refractivity contribution in [2.75, 3.05) is 18.0 Å². The summed E-state index contributed by atoms with van der Waals surface area (Å²) >= 11 is 0. The summed E-state index contributed by atoms with van der Waals surface area (Å²) in [5, 5.41) is 0. The SMILES string of the molecule is CCN(C(=O)C1(CN)CCCC1)c1ccc(C)cc1. The van der Waals surface area contributed by atoms with E-state index in [1.54, 1.807) is 0 Å². The lowest BCUT2D eigenvalue weighted by Crippen LogP contribution is -2.46. The van der Waals surface area contributed by atoms with Gasteiger partial charge in [-0.05, 0) is 38.8 Å². The zero-order valence-corrected chi connectivity index (χ0v) is 12.0. The first kappa shape index (κ1) is 14.1. The average molecular weight is 260 g/mol. The number of carbonyl (C=O) groups is 1. The van der Waals surface area contributed by atoms with Crippen molar-refractivity contribution in [3.63, 3.8) is 0 Å². The Bertz CT molecular complexity index is 433. The van der Waals surface area contributed by atoms with Crippen molar-refractivity contribution < 1.29 is 4.79 Å². The molecule has 0 aliphatic heterocycles. The van der Waals surface area contributed by atoms with Crippen molar-refractivity contribution in [3.8, 4) is 0 Å². The fourth-order valence-electron chi connectivity index (χ4n) is 3.01. The molecule has 3 nitrogen and oxygen atoms in total. The molecule has 0 saturated heterocycles. The zero-order chi connectivity index (χ0) is 13.9. The Morgan fingerprint density at radius 3 is 2.32 bits per heavy atom. The number of rotatable bonds is 4. The van der Waals surface area contributed by atoms with Gasteiger partial charge in [0.25, 0.3) is 0 Å². The van der Waals surface area contributed by atoms with Crippen LogP contribution in [0.25, 0.3) is 0 Å². The fourth-order valence-corrected chi connectivity index (χ4v) is 3.01. The summed E-state index contributed by atoms with van der Waals surface area (Å²) in [5.41, 5.74) is 7.79. The van der Waals surface area contributed by atoms with Crippen LogP contribution in [0.1, 0.15) is 38.2 Å². The molecular formula is C16H24N2O. The highest BCUT2D eigenvalue weighted by Crippen LogP contribution is 2.39. The predicted octanol–water partition coefficient (Wildman–Crippen LogP) is 2.87. The Morgan fingerprint density at radius 1 is 1.26 bits per heavy atom. The lowest BCUT2D eigenvalue weighted by molar-refractivity contribution is -0.127. The monoisotopic (exact) mass is 260 g/mol. The Balaban J connectivity index is 2.26. The van der Waals surface area contributed by atoms with Gasteiger partial charge in [-0.25, -0.2) is 0 Å². The maximum Gasteiger partial charge on any atom is 0.234 e. The summed E-state index contributed by atoms with van der Waals surface area (Å²) in [6.45, 7) is 5.25. The van der Waals surface area contributed by atoms with E-state index in [0.29, 0.717) is 13.1 Å². The molecule has 0 unspecified atom stereocenters.